The van der Waals surface area contributed by atoms with Gasteiger partial charge in [-0.05, 0) is 30.7 Å². The lowest BCUT2D eigenvalue weighted by molar-refractivity contribution is -0.122. The lowest BCUT2D eigenvalue weighted by Crippen LogP contribution is -2.30. The van der Waals surface area contributed by atoms with Gasteiger partial charge in [0.05, 0.1) is 0 Å². The topological polar surface area (TPSA) is 38.3 Å². The van der Waals surface area contributed by atoms with Crippen molar-refractivity contribution in [2.45, 2.75) is 13.0 Å². The number of amides is 1. The van der Waals surface area contributed by atoms with Crippen LogP contribution >= 0.6 is 0 Å². The minimum Gasteiger partial charge on any atom is -0.481 e. The summed E-state index contributed by atoms with van der Waals surface area (Å²) in [5.74, 6) is -2.29. The fraction of sp³-hybridized carbons (Fsp3) is 0.0952. The van der Waals surface area contributed by atoms with Crippen molar-refractivity contribution in [3.8, 4) is 16.9 Å². The number of anilines is 1. The molecular weight excluding hydrogens is 336 g/mol. The van der Waals surface area contributed by atoms with Gasteiger partial charge in [-0.15, -0.1) is 0 Å². The molecule has 1 atom stereocenters. The van der Waals surface area contributed by atoms with Crippen molar-refractivity contribution in [2.75, 3.05) is 5.32 Å². The number of benzene rings is 3. The van der Waals surface area contributed by atoms with E-state index in [2.05, 4.69) is 5.32 Å². The molecule has 3 aromatic rings. The molecule has 0 bridgehead atoms. The van der Waals surface area contributed by atoms with Gasteiger partial charge in [0.15, 0.2) is 17.7 Å². The van der Waals surface area contributed by atoms with Gasteiger partial charge in [-0.2, -0.15) is 0 Å². The molecule has 26 heavy (non-hydrogen) atoms. The van der Waals surface area contributed by atoms with Gasteiger partial charge in [-0.25, -0.2) is 8.78 Å². The Morgan fingerprint density at radius 2 is 1.62 bits per heavy atom. The summed E-state index contributed by atoms with van der Waals surface area (Å²) in [6.07, 6.45) is -0.885. The molecule has 3 aromatic carbocycles. The van der Waals surface area contributed by atoms with Crippen LogP contribution in [0.4, 0.5) is 14.5 Å². The van der Waals surface area contributed by atoms with Crippen LogP contribution in [0.1, 0.15) is 6.92 Å². The van der Waals surface area contributed by atoms with E-state index in [9.17, 15) is 13.6 Å². The van der Waals surface area contributed by atoms with Crippen molar-refractivity contribution in [3.05, 3.63) is 84.4 Å². The molecule has 5 heteroatoms. The maximum atomic E-state index is 13.3. The van der Waals surface area contributed by atoms with Gasteiger partial charge in [-0.3, -0.25) is 4.79 Å². The third kappa shape index (κ3) is 4.06. The smallest absolute Gasteiger partial charge is 0.265 e. The standard InChI is InChI=1S/C21H17F2NO2/c1-14(26-16-11-12-18(22)19(23)13-16)21(25)24-20-10-6-5-9-17(20)15-7-3-2-4-8-15/h2-14H,1H3,(H,24,25)/t14-/m1/s1. The Morgan fingerprint density at radius 1 is 0.923 bits per heavy atom. The molecule has 3 rings (SSSR count). The summed E-state index contributed by atoms with van der Waals surface area (Å²) in [4.78, 5) is 12.4. The number of ether oxygens (including phenoxy) is 1. The van der Waals surface area contributed by atoms with E-state index in [1.165, 1.54) is 6.07 Å². The summed E-state index contributed by atoms with van der Waals surface area (Å²) in [7, 11) is 0. The van der Waals surface area contributed by atoms with E-state index in [0.29, 0.717) is 5.69 Å². The average Bonchev–Trinajstić information content (AvgIpc) is 2.66. The molecule has 0 aromatic heterocycles. The van der Waals surface area contributed by atoms with Gasteiger partial charge in [0, 0.05) is 17.3 Å². The maximum absolute atomic E-state index is 13.3. The Kier molecular flexibility index (Phi) is 5.27. The van der Waals surface area contributed by atoms with E-state index < -0.39 is 23.6 Å². The van der Waals surface area contributed by atoms with Crippen molar-refractivity contribution in [1.82, 2.24) is 0 Å². The summed E-state index contributed by atoms with van der Waals surface area (Å²) >= 11 is 0. The lowest BCUT2D eigenvalue weighted by Gasteiger charge is -2.17. The van der Waals surface area contributed by atoms with Crippen LogP contribution in [-0.4, -0.2) is 12.0 Å². The zero-order valence-electron chi connectivity index (χ0n) is 14.1. The highest BCUT2D eigenvalue weighted by molar-refractivity contribution is 5.97. The van der Waals surface area contributed by atoms with Crippen LogP contribution in [-0.2, 0) is 4.79 Å². The molecular formula is C21H17F2NO2. The number of nitrogens with one attached hydrogen (secondary N) is 1. The number of hydrogen-bond acceptors (Lipinski definition) is 2. The number of hydrogen-bond donors (Lipinski definition) is 1. The maximum Gasteiger partial charge on any atom is 0.265 e. The summed E-state index contributed by atoms with van der Waals surface area (Å²) < 4.78 is 31.7. The van der Waals surface area contributed by atoms with Gasteiger partial charge in [0.2, 0.25) is 0 Å². The highest BCUT2D eigenvalue weighted by Gasteiger charge is 2.17. The number of rotatable bonds is 5. The molecule has 0 aliphatic heterocycles. The molecule has 0 fully saturated rings. The zero-order valence-corrected chi connectivity index (χ0v) is 14.1. The second-order valence-corrected chi connectivity index (χ2v) is 5.74. The fourth-order valence-corrected chi connectivity index (χ4v) is 2.50. The van der Waals surface area contributed by atoms with Crippen LogP contribution in [0.15, 0.2) is 72.8 Å². The predicted octanol–water partition coefficient (Wildman–Crippen LogP) is 5.04. The highest BCUT2D eigenvalue weighted by Crippen LogP contribution is 2.27. The van der Waals surface area contributed by atoms with E-state index in [1.807, 2.05) is 48.5 Å². The molecule has 0 saturated carbocycles. The van der Waals surface area contributed by atoms with Gasteiger partial charge in [-0.1, -0.05) is 48.5 Å². The largest absolute Gasteiger partial charge is 0.481 e. The van der Waals surface area contributed by atoms with E-state index in [0.717, 1.165) is 23.3 Å². The molecule has 0 unspecified atom stereocenters. The van der Waals surface area contributed by atoms with Crippen LogP contribution < -0.4 is 10.1 Å². The van der Waals surface area contributed by atoms with E-state index in [-0.39, 0.29) is 5.75 Å². The SMILES string of the molecule is C[C@@H](Oc1ccc(F)c(F)c1)C(=O)Nc1ccccc1-c1ccccc1. The number of carbonyl (C=O) groups is 1. The van der Waals surface area contributed by atoms with Crippen molar-refractivity contribution in [1.29, 1.82) is 0 Å². The third-order valence-electron chi connectivity index (χ3n) is 3.84. The predicted molar refractivity (Wildman–Crippen MR) is 97.0 cm³/mol. The Morgan fingerprint density at radius 3 is 2.35 bits per heavy atom. The first kappa shape index (κ1) is 17.6. The first-order chi connectivity index (χ1) is 12.5. The minimum atomic E-state index is -1.02. The van der Waals surface area contributed by atoms with E-state index >= 15 is 0 Å². The Balaban J connectivity index is 1.74. The van der Waals surface area contributed by atoms with E-state index in [1.54, 1.807) is 13.0 Å². The van der Waals surface area contributed by atoms with E-state index in [4.69, 9.17) is 4.74 Å². The summed E-state index contributed by atoms with van der Waals surface area (Å²) in [6, 6.07) is 20.2. The van der Waals surface area contributed by atoms with Crippen LogP contribution in [0.25, 0.3) is 11.1 Å². The molecule has 1 N–H and O–H groups in total. The van der Waals surface area contributed by atoms with Gasteiger partial charge in [0.25, 0.3) is 5.91 Å². The Labute approximate surface area is 150 Å². The normalized spacial score (nSPS) is 11.7. The first-order valence-electron chi connectivity index (χ1n) is 8.11. The minimum absolute atomic E-state index is 0.0860. The van der Waals surface area contributed by atoms with Crippen molar-refractivity contribution < 1.29 is 18.3 Å². The average molecular weight is 353 g/mol. The van der Waals surface area contributed by atoms with Crippen molar-refractivity contribution >= 4 is 11.6 Å². The summed E-state index contributed by atoms with van der Waals surface area (Å²) in [5, 5.41) is 2.82. The number of halogens is 2. The fourth-order valence-electron chi connectivity index (χ4n) is 2.50. The van der Waals surface area contributed by atoms with Crippen molar-refractivity contribution in [3.63, 3.8) is 0 Å². The summed E-state index contributed by atoms with van der Waals surface area (Å²) in [5.41, 5.74) is 2.49. The zero-order chi connectivity index (χ0) is 18.5. The van der Waals surface area contributed by atoms with Crippen molar-refractivity contribution in [2.24, 2.45) is 0 Å². The van der Waals surface area contributed by atoms with Gasteiger partial charge in [0.1, 0.15) is 5.75 Å². The second-order valence-electron chi connectivity index (χ2n) is 5.74. The molecule has 3 nitrogen and oxygen atoms in total. The highest BCUT2D eigenvalue weighted by atomic mass is 19.2. The van der Waals surface area contributed by atoms with Gasteiger partial charge < -0.3 is 10.1 Å². The molecule has 132 valence electrons. The van der Waals surface area contributed by atoms with Gasteiger partial charge >= 0.3 is 0 Å². The first-order valence-corrected chi connectivity index (χ1v) is 8.11. The molecule has 0 radical (unpaired) electrons. The quantitative estimate of drug-likeness (QED) is 0.698. The Hall–Kier alpha value is -3.21. The summed E-state index contributed by atoms with van der Waals surface area (Å²) in [6.45, 7) is 1.54. The molecule has 0 aliphatic rings. The number of para-hydroxylation sites is 1. The van der Waals surface area contributed by atoms with Crippen LogP contribution in [0.2, 0.25) is 0 Å². The van der Waals surface area contributed by atoms with Crippen LogP contribution in [0.5, 0.6) is 5.75 Å². The van der Waals surface area contributed by atoms with Crippen LogP contribution in [0.3, 0.4) is 0 Å². The monoisotopic (exact) mass is 353 g/mol. The van der Waals surface area contributed by atoms with Crippen LogP contribution in [0, 0.1) is 11.6 Å². The molecule has 1 amide bonds. The second kappa shape index (κ2) is 7.78. The molecule has 0 aliphatic carbocycles. The number of carbonyl (C=O) groups excluding carboxylic acids is 1. The third-order valence-corrected chi connectivity index (χ3v) is 3.84. The molecule has 0 saturated heterocycles. The molecule has 0 spiro atoms. The lowest BCUT2D eigenvalue weighted by atomic mass is 10.0. The Bertz CT molecular complexity index is 913. The molecule has 0 heterocycles.